The standard InChI is InChI=1S/C24H29N3O3/c1-16(11-19-5-4-6-20(12-19)13-24(29)30)25-15-22(28)21-9-10-23(26-14-21)27-17(2)7-8-18(27)3/h4-10,12,14,16,22,25,28H,11,13,15H2,1-3H3,(H,29,30)/t16-,22+/m1/s1. The van der Waals surface area contributed by atoms with Crippen LogP contribution >= 0.6 is 0 Å². The van der Waals surface area contributed by atoms with E-state index >= 15 is 0 Å². The molecule has 0 unspecified atom stereocenters. The molecule has 0 spiro atoms. The van der Waals surface area contributed by atoms with Gasteiger partial charge >= 0.3 is 5.97 Å². The zero-order valence-electron chi connectivity index (χ0n) is 17.7. The largest absolute Gasteiger partial charge is 0.481 e. The number of rotatable bonds is 9. The first-order chi connectivity index (χ1) is 14.3. The minimum Gasteiger partial charge on any atom is -0.481 e. The molecule has 30 heavy (non-hydrogen) atoms. The molecule has 0 fully saturated rings. The Morgan fingerprint density at radius 2 is 1.80 bits per heavy atom. The zero-order chi connectivity index (χ0) is 21.7. The fourth-order valence-electron chi connectivity index (χ4n) is 3.65. The highest BCUT2D eigenvalue weighted by molar-refractivity contribution is 5.70. The minimum absolute atomic E-state index is 0.0272. The average molecular weight is 408 g/mol. The maximum atomic E-state index is 10.9. The van der Waals surface area contributed by atoms with Gasteiger partial charge in [0, 0.05) is 35.7 Å². The van der Waals surface area contributed by atoms with Gasteiger partial charge in [-0.2, -0.15) is 0 Å². The summed E-state index contributed by atoms with van der Waals surface area (Å²) < 4.78 is 2.08. The molecule has 158 valence electrons. The number of hydrogen-bond donors (Lipinski definition) is 3. The molecule has 0 radical (unpaired) electrons. The number of aliphatic carboxylic acids is 1. The number of benzene rings is 1. The highest BCUT2D eigenvalue weighted by Crippen LogP contribution is 2.17. The van der Waals surface area contributed by atoms with Gasteiger partial charge in [-0.05, 0) is 56.5 Å². The van der Waals surface area contributed by atoms with Gasteiger partial charge in [-0.15, -0.1) is 0 Å². The molecule has 3 N–H and O–H groups in total. The Balaban J connectivity index is 1.55. The lowest BCUT2D eigenvalue weighted by atomic mass is 10.0. The van der Waals surface area contributed by atoms with E-state index in [9.17, 15) is 9.90 Å². The van der Waals surface area contributed by atoms with E-state index in [1.165, 1.54) is 0 Å². The topological polar surface area (TPSA) is 87.4 Å². The molecule has 2 aromatic heterocycles. The van der Waals surface area contributed by atoms with E-state index in [1.807, 2.05) is 50.2 Å². The van der Waals surface area contributed by atoms with Gasteiger partial charge < -0.3 is 20.1 Å². The molecule has 0 aliphatic rings. The van der Waals surface area contributed by atoms with Gasteiger partial charge in [0.1, 0.15) is 5.82 Å². The molecular weight excluding hydrogens is 378 g/mol. The monoisotopic (exact) mass is 407 g/mol. The summed E-state index contributed by atoms with van der Waals surface area (Å²) in [5.41, 5.74) is 4.88. The van der Waals surface area contributed by atoms with Crippen molar-refractivity contribution in [1.82, 2.24) is 14.9 Å². The summed E-state index contributed by atoms with van der Waals surface area (Å²) >= 11 is 0. The van der Waals surface area contributed by atoms with Crippen LogP contribution in [0, 0.1) is 13.8 Å². The van der Waals surface area contributed by atoms with Crippen LogP contribution in [0.3, 0.4) is 0 Å². The molecular formula is C24H29N3O3. The van der Waals surface area contributed by atoms with Crippen LogP contribution in [0.25, 0.3) is 5.82 Å². The highest BCUT2D eigenvalue weighted by Gasteiger charge is 2.12. The first-order valence-corrected chi connectivity index (χ1v) is 10.2. The number of carboxylic acids is 1. The van der Waals surface area contributed by atoms with Crippen molar-refractivity contribution in [3.63, 3.8) is 0 Å². The normalized spacial score (nSPS) is 13.2. The Hall–Kier alpha value is -2.96. The second-order valence-corrected chi connectivity index (χ2v) is 7.82. The van der Waals surface area contributed by atoms with Gasteiger partial charge in [0.05, 0.1) is 12.5 Å². The van der Waals surface area contributed by atoms with E-state index < -0.39 is 12.1 Å². The molecule has 6 heteroatoms. The van der Waals surface area contributed by atoms with Crippen molar-refractivity contribution in [3.05, 3.63) is 82.8 Å². The third kappa shape index (κ3) is 5.55. The molecule has 6 nitrogen and oxygen atoms in total. The Labute approximate surface area is 177 Å². The van der Waals surface area contributed by atoms with Crippen molar-refractivity contribution in [3.8, 4) is 5.82 Å². The number of nitrogens with one attached hydrogen (secondary N) is 1. The van der Waals surface area contributed by atoms with E-state index in [4.69, 9.17) is 5.11 Å². The Morgan fingerprint density at radius 3 is 2.43 bits per heavy atom. The Morgan fingerprint density at radius 1 is 1.10 bits per heavy atom. The third-order valence-electron chi connectivity index (χ3n) is 5.20. The van der Waals surface area contributed by atoms with Gasteiger partial charge in [0.15, 0.2) is 0 Å². The van der Waals surface area contributed by atoms with Gasteiger partial charge in [-0.25, -0.2) is 4.98 Å². The number of carbonyl (C=O) groups is 1. The quantitative estimate of drug-likeness (QED) is 0.506. The number of pyridine rings is 1. The summed E-state index contributed by atoms with van der Waals surface area (Å²) in [6.45, 7) is 6.55. The summed E-state index contributed by atoms with van der Waals surface area (Å²) in [7, 11) is 0. The number of aliphatic hydroxyl groups is 1. The van der Waals surface area contributed by atoms with Crippen molar-refractivity contribution >= 4 is 5.97 Å². The van der Waals surface area contributed by atoms with Crippen LogP contribution in [0.5, 0.6) is 0 Å². The summed E-state index contributed by atoms with van der Waals surface area (Å²) in [5.74, 6) is 0.0108. The molecule has 0 aliphatic carbocycles. The molecule has 0 bridgehead atoms. The van der Waals surface area contributed by atoms with Crippen LogP contribution < -0.4 is 5.32 Å². The summed E-state index contributed by atoms with van der Waals surface area (Å²) in [4.78, 5) is 15.4. The lowest BCUT2D eigenvalue weighted by molar-refractivity contribution is -0.136. The third-order valence-corrected chi connectivity index (χ3v) is 5.20. The smallest absolute Gasteiger partial charge is 0.307 e. The maximum Gasteiger partial charge on any atom is 0.307 e. The number of aromatic nitrogens is 2. The SMILES string of the molecule is Cc1ccc(C)n1-c1ccc([C@@H](O)CN[C@H](C)Cc2cccc(CC(=O)O)c2)cn1. The maximum absolute atomic E-state index is 10.9. The summed E-state index contributed by atoms with van der Waals surface area (Å²) in [5, 5.41) is 22.8. The summed E-state index contributed by atoms with van der Waals surface area (Å²) in [6.07, 6.45) is 1.85. The van der Waals surface area contributed by atoms with Crippen molar-refractivity contribution in [1.29, 1.82) is 0 Å². The van der Waals surface area contributed by atoms with E-state index in [1.54, 1.807) is 6.20 Å². The average Bonchev–Trinajstić information content (AvgIpc) is 3.04. The first kappa shape index (κ1) is 21.7. The van der Waals surface area contributed by atoms with Gasteiger partial charge in [-0.3, -0.25) is 4.79 Å². The van der Waals surface area contributed by atoms with Gasteiger partial charge in [0.2, 0.25) is 0 Å². The van der Waals surface area contributed by atoms with Gasteiger partial charge in [0.25, 0.3) is 0 Å². The molecule has 3 rings (SSSR count). The molecule has 2 atom stereocenters. The molecule has 0 aliphatic heterocycles. The fourth-order valence-corrected chi connectivity index (χ4v) is 3.65. The Bertz CT molecular complexity index is 976. The van der Waals surface area contributed by atoms with Crippen LogP contribution in [0.4, 0.5) is 0 Å². The minimum atomic E-state index is -0.830. The van der Waals surface area contributed by atoms with Crippen molar-refractivity contribution in [2.45, 2.75) is 45.8 Å². The highest BCUT2D eigenvalue weighted by atomic mass is 16.4. The molecule has 3 aromatic rings. The van der Waals surface area contributed by atoms with Crippen molar-refractivity contribution < 1.29 is 15.0 Å². The number of hydrogen-bond acceptors (Lipinski definition) is 4. The number of nitrogens with zero attached hydrogens (tertiary/aromatic N) is 2. The Kier molecular flexibility index (Phi) is 7.03. The second kappa shape index (κ2) is 9.69. The van der Waals surface area contributed by atoms with Crippen LogP contribution in [-0.2, 0) is 17.6 Å². The molecule has 0 saturated heterocycles. The fraction of sp³-hybridized carbons (Fsp3) is 0.333. The van der Waals surface area contributed by atoms with E-state index in [0.717, 1.165) is 40.3 Å². The van der Waals surface area contributed by atoms with Crippen LogP contribution in [0.15, 0.2) is 54.7 Å². The van der Waals surface area contributed by atoms with E-state index in [-0.39, 0.29) is 12.5 Å². The zero-order valence-corrected chi connectivity index (χ0v) is 17.7. The molecule has 0 saturated carbocycles. The number of carboxylic acid groups (broad SMARTS) is 1. The lowest BCUT2D eigenvalue weighted by Crippen LogP contribution is -2.32. The second-order valence-electron chi connectivity index (χ2n) is 7.82. The van der Waals surface area contributed by atoms with Crippen molar-refractivity contribution in [2.75, 3.05) is 6.54 Å². The van der Waals surface area contributed by atoms with Gasteiger partial charge in [-0.1, -0.05) is 30.3 Å². The van der Waals surface area contributed by atoms with E-state index in [0.29, 0.717) is 6.54 Å². The first-order valence-electron chi connectivity index (χ1n) is 10.2. The predicted molar refractivity (Wildman–Crippen MR) is 117 cm³/mol. The van der Waals surface area contributed by atoms with E-state index in [2.05, 4.69) is 33.9 Å². The number of aliphatic hydroxyl groups excluding tert-OH is 1. The molecule has 0 amide bonds. The van der Waals surface area contributed by atoms with Crippen LogP contribution in [0.1, 0.15) is 41.1 Å². The molecule has 1 aromatic carbocycles. The van der Waals surface area contributed by atoms with Crippen LogP contribution in [-0.4, -0.2) is 38.3 Å². The number of aryl methyl sites for hydroxylation is 2. The molecule has 2 heterocycles. The summed E-state index contributed by atoms with van der Waals surface area (Å²) in [6, 6.07) is 15.7. The predicted octanol–water partition coefficient (Wildman–Crippen LogP) is 3.37. The van der Waals surface area contributed by atoms with Crippen LogP contribution in [0.2, 0.25) is 0 Å². The van der Waals surface area contributed by atoms with Crippen molar-refractivity contribution in [2.24, 2.45) is 0 Å². The lowest BCUT2D eigenvalue weighted by Gasteiger charge is -2.18.